The average Bonchev–Trinajstić information content (AvgIpc) is 3.61. The van der Waals surface area contributed by atoms with Gasteiger partial charge in [-0.05, 0) is 71.3 Å². The van der Waals surface area contributed by atoms with E-state index in [1.807, 2.05) is 33.8 Å². The van der Waals surface area contributed by atoms with Crippen molar-refractivity contribution in [3.05, 3.63) is 52.7 Å². The van der Waals surface area contributed by atoms with E-state index in [0.29, 0.717) is 53.9 Å². The lowest BCUT2D eigenvalue weighted by atomic mass is 9.91. The van der Waals surface area contributed by atoms with E-state index in [9.17, 15) is 9.90 Å². The normalized spacial score (nSPS) is 19.3. The number of hydrogen-bond donors (Lipinski definition) is 2. The Bertz CT molecular complexity index is 1630. The van der Waals surface area contributed by atoms with Crippen LogP contribution in [-0.2, 0) is 10.3 Å². The quantitative estimate of drug-likeness (QED) is 0.201. The van der Waals surface area contributed by atoms with E-state index >= 15 is 13.2 Å². The molecule has 13 heteroatoms. The summed E-state index contributed by atoms with van der Waals surface area (Å²) in [6.07, 6.45) is -0.162. The maximum Gasteiger partial charge on any atom is 0.407 e. The van der Waals surface area contributed by atoms with Crippen LogP contribution in [0.3, 0.4) is 0 Å². The summed E-state index contributed by atoms with van der Waals surface area (Å²) in [5.41, 5.74) is -0.463. The number of hydrogen-bond acceptors (Lipinski definition) is 7. The van der Waals surface area contributed by atoms with Crippen LogP contribution in [0.25, 0.3) is 11.0 Å². The monoisotopic (exact) mass is 658 g/mol. The highest BCUT2D eigenvalue weighted by atomic mass is 28.4. The van der Waals surface area contributed by atoms with Crippen molar-refractivity contribution in [1.29, 1.82) is 0 Å². The van der Waals surface area contributed by atoms with Gasteiger partial charge in [0.05, 0.1) is 34.4 Å². The molecule has 2 saturated heterocycles. The maximum atomic E-state index is 16.2. The van der Waals surface area contributed by atoms with Crippen LogP contribution in [0.5, 0.6) is 0 Å². The molecule has 46 heavy (non-hydrogen) atoms. The molecule has 0 unspecified atom stereocenters. The third kappa shape index (κ3) is 5.80. The summed E-state index contributed by atoms with van der Waals surface area (Å²) in [6.45, 7) is 14.9. The molecular weight excluding hydrogens is 613 g/mol. The van der Waals surface area contributed by atoms with E-state index in [2.05, 4.69) is 20.2 Å². The van der Waals surface area contributed by atoms with Crippen molar-refractivity contribution in [2.24, 2.45) is 0 Å². The smallest absolute Gasteiger partial charge is 0.407 e. The second-order valence-corrected chi connectivity index (χ2v) is 17.9. The van der Waals surface area contributed by atoms with Crippen molar-refractivity contribution < 1.29 is 27.5 Å². The van der Waals surface area contributed by atoms with Crippen LogP contribution in [0.2, 0.25) is 18.1 Å². The Morgan fingerprint density at radius 1 is 1.11 bits per heavy atom. The zero-order chi connectivity index (χ0) is 33.8. The number of nitrogens with zero attached hydrogens (tertiary/aromatic N) is 5. The third-order valence-corrected chi connectivity index (χ3v) is 14.9. The fraction of sp³-hybridized carbons (Fsp3) is 0.576. The molecule has 4 heterocycles. The third-order valence-electron chi connectivity index (χ3n) is 10.1. The minimum Gasteiger partial charge on any atom is -0.465 e. The van der Waals surface area contributed by atoms with Crippen molar-refractivity contribution in [2.75, 3.05) is 23.3 Å². The number of piperazine rings is 1. The number of nitrogens with one attached hydrogen (secondary N) is 1. The van der Waals surface area contributed by atoms with Gasteiger partial charge < -0.3 is 24.6 Å². The molecule has 2 aliphatic heterocycles. The Morgan fingerprint density at radius 2 is 1.78 bits per heavy atom. The number of alkyl halides is 2. The standard InChI is InChI=1S/C33H45F3N6O3Si/c1-9-46(10-2,11-3)45-32(7,8)33(35,36)26-14-12-13-24(28(26)34)19(4)37-29-25-16-27(20(5)38-30(25)40-21(6)39-29)41-17-23-15-22(41)18-42(23)31(43)44/h12-14,16,19,22-23H,9-11,15,17-18H2,1-8H3,(H,43,44)(H,37,38,39,40)/t19-,22+,23+/m1/s1. The summed E-state index contributed by atoms with van der Waals surface area (Å²) in [7, 11) is -2.43. The molecule has 3 aromatic rings. The molecule has 0 spiro atoms. The van der Waals surface area contributed by atoms with Crippen LogP contribution in [0.1, 0.15) is 76.7 Å². The van der Waals surface area contributed by atoms with Crippen molar-refractivity contribution in [3.63, 3.8) is 0 Å². The van der Waals surface area contributed by atoms with Gasteiger partial charge in [-0.1, -0.05) is 32.9 Å². The fourth-order valence-corrected chi connectivity index (χ4v) is 10.3. The van der Waals surface area contributed by atoms with Crippen molar-refractivity contribution in [2.45, 2.75) is 110 Å². The second-order valence-electron chi connectivity index (χ2n) is 13.2. The highest BCUT2D eigenvalue weighted by Gasteiger charge is 2.54. The first kappa shape index (κ1) is 33.9. The van der Waals surface area contributed by atoms with E-state index < -0.39 is 43.4 Å². The molecule has 2 fully saturated rings. The average molecular weight is 659 g/mol. The molecule has 250 valence electrons. The molecule has 2 bridgehead atoms. The zero-order valence-electron chi connectivity index (χ0n) is 27.9. The van der Waals surface area contributed by atoms with Crippen LogP contribution in [0, 0.1) is 19.7 Å². The second kappa shape index (κ2) is 12.3. The number of likely N-dealkylation sites (tertiary alicyclic amines) is 1. The number of rotatable bonds is 11. The fourth-order valence-electron chi connectivity index (χ4n) is 7.14. The minimum atomic E-state index is -3.59. The van der Waals surface area contributed by atoms with Crippen LogP contribution in [0.4, 0.5) is 29.5 Å². The number of carbonyl (C=O) groups is 1. The van der Waals surface area contributed by atoms with Crippen LogP contribution < -0.4 is 10.2 Å². The Morgan fingerprint density at radius 3 is 2.37 bits per heavy atom. The van der Waals surface area contributed by atoms with E-state index in [0.717, 1.165) is 23.9 Å². The number of halogens is 3. The topological polar surface area (TPSA) is 104 Å². The first-order valence-corrected chi connectivity index (χ1v) is 18.7. The van der Waals surface area contributed by atoms with Crippen LogP contribution >= 0.6 is 0 Å². The lowest BCUT2D eigenvalue weighted by molar-refractivity contribution is -0.161. The number of benzene rings is 1. The number of fused-ring (bicyclic) bond motifs is 3. The number of aryl methyl sites for hydroxylation is 2. The predicted octanol–water partition coefficient (Wildman–Crippen LogP) is 7.79. The molecule has 9 nitrogen and oxygen atoms in total. The van der Waals surface area contributed by atoms with Gasteiger partial charge in [-0.3, -0.25) is 0 Å². The summed E-state index contributed by atoms with van der Waals surface area (Å²) in [4.78, 5) is 29.2. The summed E-state index contributed by atoms with van der Waals surface area (Å²) < 4.78 is 54.8. The minimum absolute atomic E-state index is 0.0345. The first-order valence-electron chi connectivity index (χ1n) is 16.1. The molecule has 0 saturated carbocycles. The largest absolute Gasteiger partial charge is 0.465 e. The summed E-state index contributed by atoms with van der Waals surface area (Å²) >= 11 is 0. The molecule has 2 aliphatic rings. The van der Waals surface area contributed by atoms with Gasteiger partial charge in [0.25, 0.3) is 0 Å². The number of carboxylic acid groups (broad SMARTS) is 1. The zero-order valence-corrected chi connectivity index (χ0v) is 28.9. The van der Waals surface area contributed by atoms with Crippen molar-refractivity contribution >= 4 is 36.9 Å². The van der Waals surface area contributed by atoms with Gasteiger partial charge in [-0.25, -0.2) is 24.1 Å². The van der Waals surface area contributed by atoms with Gasteiger partial charge in [0.15, 0.2) is 14.0 Å². The van der Waals surface area contributed by atoms with Gasteiger partial charge in [0, 0.05) is 24.7 Å². The molecule has 0 aliphatic carbocycles. The van der Waals surface area contributed by atoms with Crippen LogP contribution in [0.15, 0.2) is 24.3 Å². The summed E-state index contributed by atoms with van der Waals surface area (Å²) in [6, 6.07) is 7.35. The molecule has 1 amide bonds. The summed E-state index contributed by atoms with van der Waals surface area (Å²) in [5.74, 6) is -3.72. The SMILES string of the molecule is CC[Si](CC)(CC)OC(C)(C)C(F)(F)c1cccc([C@@H](C)Nc2nc(C)nc3nc(C)c(N4C[C@@H]5C[C@H]4CN5C(=O)O)cc23)c1F. The lowest BCUT2D eigenvalue weighted by Gasteiger charge is -2.42. The van der Waals surface area contributed by atoms with E-state index in [-0.39, 0.29) is 17.6 Å². The lowest BCUT2D eigenvalue weighted by Crippen LogP contribution is -2.52. The maximum absolute atomic E-state index is 16.2. The molecule has 1 aromatic carbocycles. The first-order chi connectivity index (χ1) is 21.6. The highest BCUT2D eigenvalue weighted by Crippen LogP contribution is 2.46. The van der Waals surface area contributed by atoms with E-state index in [4.69, 9.17) is 9.41 Å². The van der Waals surface area contributed by atoms with Gasteiger partial charge in [0.2, 0.25) is 0 Å². The molecule has 0 radical (unpaired) electrons. The predicted molar refractivity (Wildman–Crippen MR) is 176 cm³/mol. The van der Waals surface area contributed by atoms with Gasteiger partial charge >= 0.3 is 12.0 Å². The Hall–Kier alpha value is -3.45. The van der Waals surface area contributed by atoms with E-state index in [1.54, 1.807) is 13.8 Å². The van der Waals surface area contributed by atoms with E-state index in [1.165, 1.54) is 30.9 Å². The molecule has 5 rings (SSSR count). The van der Waals surface area contributed by atoms with Crippen molar-refractivity contribution in [3.8, 4) is 0 Å². The number of amides is 1. The molecule has 2 aromatic heterocycles. The van der Waals surface area contributed by atoms with Gasteiger partial charge in [-0.2, -0.15) is 8.78 Å². The number of anilines is 2. The number of aromatic nitrogens is 3. The Kier molecular flexibility index (Phi) is 9.06. The molecular formula is C33H45F3N6O3Si. The molecule has 3 atom stereocenters. The van der Waals surface area contributed by atoms with Gasteiger partial charge in [0.1, 0.15) is 23.1 Å². The summed E-state index contributed by atoms with van der Waals surface area (Å²) in [5, 5.41) is 13.4. The number of pyridine rings is 1. The van der Waals surface area contributed by atoms with Crippen molar-refractivity contribution in [1.82, 2.24) is 19.9 Å². The Balaban J connectivity index is 1.46. The van der Waals surface area contributed by atoms with Gasteiger partial charge in [-0.15, -0.1) is 0 Å². The molecule has 2 N–H and O–H groups in total. The van der Waals surface area contributed by atoms with Crippen LogP contribution in [-0.4, -0.2) is 70.1 Å². The Labute approximate surface area is 269 Å². The highest BCUT2D eigenvalue weighted by molar-refractivity contribution is 6.73.